The van der Waals surface area contributed by atoms with Gasteiger partial charge in [0.1, 0.15) is 0 Å². The van der Waals surface area contributed by atoms with Crippen molar-refractivity contribution in [1.29, 1.82) is 0 Å². The summed E-state index contributed by atoms with van der Waals surface area (Å²) in [7, 11) is 0. The number of ether oxygens (including phenoxy) is 1. The first kappa shape index (κ1) is 12.1. The highest BCUT2D eigenvalue weighted by Gasteiger charge is 2.23. The van der Waals surface area contributed by atoms with Crippen LogP contribution < -0.4 is 15.4 Å². The van der Waals surface area contributed by atoms with Gasteiger partial charge < -0.3 is 15.4 Å². The van der Waals surface area contributed by atoms with Crippen molar-refractivity contribution in [3.8, 4) is 5.88 Å². The fraction of sp³-hybridized carbons (Fsp3) is 0.667. The quantitative estimate of drug-likeness (QED) is 0.828. The zero-order valence-corrected chi connectivity index (χ0v) is 10.3. The second-order valence-corrected chi connectivity index (χ2v) is 4.31. The van der Waals surface area contributed by atoms with Gasteiger partial charge in [0.15, 0.2) is 0 Å². The summed E-state index contributed by atoms with van der Waals surface area (Å²) in [5.74, 6) is 2.11. The average Bonchev–Trinajstić information content (AvgIpc) is 2.79. The molecular weight excluding hydrogens is 216 g/mol. The van der Waals surface area contributed by atoms with Crippen LogP contribution in [0, 0.1) is 5.92 Å². The molecule has 0 spiro atoms. The van der Waals surface area contributed by atoms with E-state index in [4.69, 9.17) is 10.5 Å². The Morgan fingerprint density at radius 1 is 1.59 bits per heavy atom. The van der Waals surface area contributed by atoms with Crippen molar-refractivity contribution in [3.63, 3.8) is 0 Å². The van der Waals surface area contributed by atoms with Crippen molar-refractivity contribution >= 4 is 5.95 Å². The third kappa shape index (κ3) is 3.06. The Kier molecular flexibility index (Phi) is 4.14. The largest absolute Gasteiger partial charge is 0.478 e. The molecule has 1 aliphatic heterocycles. The second-order valence-electron chi connectivity index (χ2n) is 4.31. The Labute approximate surface area is 102 Å². The van der Waals surface area contributed by atoms with E-state index in [1.807, 2.05) is 6.92 Å². The summed E-state index contributed by atoms with van der Waals surface area (Å²) < 4.78 is 5.38. The van der Waals surface area contributed by atoms with Crippen molar-refractivity contribution in [2.24, 2.45) is 11.7 Å². The number of aromatic nitrogens is 2. The smallest absolute Gasteiger partial charge is 0.228 e. The highest BCUT2D eigenvalue weighted by atomic mass is 16.5. The molecule has 1 aliphatic rings. The first-order valence-corrected chi connectivity index (χ1v) is 6.24. The zero-order chi connectivity index (χ0) is 12.1. The number of hydrogen-bond donors (Lipinski definition) is 1. The molecule has 17 heavy (non-hydrogen) atoms. The van der Waals surface area contributed by atoms with E-state index in [1.54, 1.807) is 12.3 Å². The maximum absolute atomic E-state index is 5.59. The molecule has 5 heteroatoms. The minimum atomic E-state index is 0.631. The van der Waals surface area contributed by atoms with Gasteiger partial charge in [-0.05, 0) is 32.2 Å². The molecule has 0 bridgehead atoms. The van der Waals surface area contributed by atoms with Crippen LogP contribution in [0.1, 0.15) is 19.8 Å². The van der Waals surface area contributed by atoms with E-state index < -0.39 is 0 Å². The van der Waals surface area contributed by atoms with Gasteiger partial charge in [-0.15, -0.1) is 0 Å². The lowest BCUT2D eigenvalue weighted by atomic mass is 10.1. The first-order valence-electron chi connectivity index (χ1n) is 6.24. The van der Waals surface area contributed by atoms with Crippen LogP contribution >= 0.6 is 0 Å². The Hall–Kier alpha value is -1.36. The fourth-order valence-corrected chi connectivity index (χ4v) is 2.20. The van der Waals surface area contributed by atoms with Gasteiger partial charge >= 0.3 is 0 Å². The fourth-order valence-electron chi connectivity index (χ4n) is 2.20. The van der Waals surface area contributed by atoms with Crippen molar-refractivity contribution in [3.05, 3.63) is 12.3 Å². The van der Waals surface area contributed by atoms with Crippen LogP contribution in [0.25, 0.3) is 0 Å². The van der Waals surface area contributed by atoms with Gasteiger partial charge in [-0.3, -0.25) is 0 Å². The molecule has 0 aliphatic carbocycles. The molecule has 1 atom stereocenters. The molecule has 1 aromatic rings. The summed E-state index contributed by atoms with van der Waals surface area (Å²) in [6.07, 6.45) is 4.02. The van der Waals surface area contributed by atoms with Crippen molar-refractivity contribution in [1.82, 2.24) is 9.97 Å². The molecule has 0 aromatic carbocycles. The van der Waals surface area contributed by atoms with Gasteiger partial charge in [-0.1, -0.05) is 0 Å². The van der Waals surface area contributed by atoms with Crippen LogP contribution in [-0.4, -0.2) is 36.2 Å². The Morgan fingerprint density at radius 2 is 2.47 bits per heavy atom. The van der Waals surface area contributed by atoms with Gasteiger partial charge in [0.05, 0.1) is 6.61 Å². The lowest BCUT2D eigenvalue weighted by molar-refractivity contribution is 0.326. The van der Waals surface area contributed by atoms with Gasteiger partial charge in [-0.2, -0.15) is 4.98 Å². The number of anilines is 1. The molecule has 2 heterocycles. The molecule has 5 nitrogen and oxygen atoms in total. The topological polar surface area (TPSA) is 64.3 Å². The highest BCUT2D eigenvalue weighted by Crippen LogP contribution is 2.23. The molecule has 1 aromatic heterocycles. The summed E-state index contributed by atoms with van der Waals surface area (Å²) in [6, 6.07) is 1.79. The third-order valence-electron chi connectivity index (χ3n) is 3.05. The van der Waals surface area contributed by atoms with E-state index >= 15 is 0 Å². The molecule has 2 N–H and O–H groups in total. The summed E-state index contributed by atoms with van der Waals surface area (Å²) in [5.41, 5.74) is 5.59. The van der Waals surface area contributed by atoms with Crippen LogP contribution in [0.15, 0.2) is 12.3 Å². The van der Waals surface area contributed by atoms with E-state index in [1.165, 1.54) is 6.42 Å². The highest BCUT2D eigenvalue weighted by molar-refractivity contribution is 5.33. The summed E-state index contributed by atoms with van der Waals surface area (Å²) in [5, 5.41) is 0. The molecule has 1 saturated heterocycles. The second kappa shape index (κ2) is 5.82. The number of nitrogens with two attached hydrogens (primary N) is 1. The van der Waals surface area contributed by atoms with E-state index in [0.29, 0.717) is 18.4 Å². The third-order valence-corrected chi connectivity index (χ3v) is 3.05. The van der Waals surface area contributed by atoms with Crippen molar-refractivity contribution < 1.29 is 4.74 Å². The lowest BCUT2D eigenvalue weighted by Gasteiger charge is -2.16. The van der Waals surface area contributed by atoms with Crippen molar-refractivity contribution in [2.75, 3.05) is 31.1 Å². The maximum atomic E-state index is 5.59. The van der Waals surface area contributed by atoms with Gasteiger partial charge in [0.25, 0.3) is 0 Å². The first-order chi connectivity index (χ1) is 8.33. The normalized spacial score (nSPS) is 19.6. The van der Waals surface area contributed by atoms with E-state index in [-0.39, 0.29) is 0 Å². The predicted molar refractivity (Wildman–Crippen MR) is 67.2 cm³/mol. The Balaban J connectivity index is 2.00. The predicted octanol–water partition coefficient (Wildman–Crippen LogP) is 1.05. The molecule has 94 valence electrons. The monoisotopic (exact) mass is 236 g/mol. The van der Waals surface area contributed by atoms with Crippen molar-refractivity contribution in [2.45, 2.75) is 19.8 Å². The zero-order valence-electron chi connectivity index (χ0n) is 10.3. The molecule has 2 rings (SSSR count). The SMILES string of the molecule is CCOc1ccnc(N2CCC(CCN)C2)n1. The molecule has 0 saturated carbocycles. The molecular formula is C12H20N4O. The molecule has 0 radical (unpaired) electrons. The van der Waals surface area contributed by atoms with E-state index in [0.717, 1.165) is 32.0 Å². The number of nitrogens with zero attached hydrogens (tertiary/aromatic N) is 3. The van der Waals surface area contributed by atoms with E-state index in [2.05, 4.69) is 14.9 Å². The number of hydrogen-bond acceptors (Lipinski definition) is 5. The summed E-state index contributed by atoms with van der Waals surface area (Å²) in [4.78, 5) is 10.9. The van der Waals surface area contributed by atoms with Crippen LogP contribution in [0.2, 0.25) is 0 Å². The standard InChI is InChI=1S/C12H20N4O/c1-2-17-11-4-7-14-12(15-11)16-8-5-10(9-16)3-6-13/h4,7,10H,2-3,5-6,8-9,13H2,1H3. The van der Waals surface area contributed by atoms with E-state index in [9.17, 15) is 0 Å². The van der Waals surface area contributed by atoms with Crippen LogP contribution in [0.3, 0.4) is 0 Å². The Bertz CT molecular complexity index is 358. The van der Waals surface area contributed by atoms with Gasteiger partial charge in [0, 0.05) is 25.4 Å². The maximum Gasteiger partial charge on any atom is 0.228 e. The summed E-state index contributed by atoms with van der Waals surface area (Å²) in [6.45, 7) is 5.37. The lowest BCUT2D eigenvalue weighted by Crippen LogP contribution is -2.22. The minimum Gasteiger partial charge on any atom is -0.478 e. The minimum absolute atomic E-state index is 0.631. The van der Waals surface area contributed by atoms with Gasteiger partial charge in [-0.25, -0.2) is 4.98 Å². The molecule has 0 amide bonds. The van der Waals surface area contributed by atoms with Crippen LogP contribution in [0.5, 0.6) is 5.88 Å². The summed E-state index contributed by atoms with van der Waals surface area (Å²) >= 11 is 0. The van der Waals surface area contributed by atoms with Gasteiger partial charge in [0.2, 0.25) is 11.8 Å². The average molecular weight is 236 g/mol. The Morgan fingerprint density at radius 3 is 3.24 bits per heavy atom. The van der Waals surface area contributed by atoms with Crippen LogP contribution in [0.4, 0.5) is 5.95 Å². The molecule has 1 fully saturated rings. The molecule has 1 unspecified atom stereocenters. The van der Waals surface area contributed by atoms with Crippen LogP contribution in [-0.2, 0) is 0 Å². The number of rotatable bonds is 5.